The molecular formula is C16H12N2O4. The zero-order chi connectivity index (χ0) is 15.5. The molecule has 4 rings (SSSR count). The number of hydrogen-bond acceptors (Lipinski definition) is 5. The first kappa shape index (κ1) is 13.2. The van der Waals surface area contributed by atoms with Crippen molar-refractivity contribution in [3.05, 3.63) is 42.0 Å². The van der Waals surface area contributed by atoms with Gasteiger partial charge in [-0.1, -0.05) is 24.3 Å². The average molecular weight is 296 g/mol. The Morgan fingerprint density at radius 1 is 1.32 bits per heavy atom. The first-order valence-electron chi connectivity index (χ1n) is 6.98. The number of nitrogens with zero attached hydrogens (tertiary/aromatic N) is 2. The third-order valence-electron chi connectivity index (χ3n) is 4.67. The lowest BCUT2D eigenvalue weighted by Crippen LogP contribution is -2.43. The van der Waals surface area contributed by atoms with E-state index in [9.17, 15) is 20.0 Å². The first-order valence-corrected chi connectivity index (χ1v) is 6.98. The molecule has 0 spiro atoms. The van der Waals surface area contributed by atoms with Gasteiger partial charge in [-0.05, 0) is 12.1 Å². The smallest absolute Gasteiger partial charge is 0.241 e. The van der Waals surface area contributed by atoms with E-state index in [2.05, 4.69) is 0 Å². The fourth-order valence-corrected chi connectivity index (χ4v) is 3.68. The Kier molecular flexibility index (Phi) is 2.55. The van der Waals surface area contributed by atoms with Crippen LogP contribution in [0.5, 0.6) is 0 Å². The van der Waals surface area contributed by atoms with Gasteiger partial charge in [0.15, 0.2) is 0 Å². The highest BCUT2D eigenvalue weighted by molar-refractivity contribution is 6.23. The summed E-state index contributed by atoms with van der Waals surface area (Å²) >= 11 is 0. The summed E-state index contributed by atoms with van der Waals surface area (Å²) in [5.41, 5.74) is -0.552. The van der Waals surface area contributed by atoms with Crippen molar-refractivity contribution in [2.45, 2.75) is 11.7 Å². The van der Waals surface area contributed by atoms with Gasteiger partial charge in [0.2, 0.25) is 11.8 Å². The number of benzene rings is 1. The van der Waals surface area contributed by atoms with Gasteiger partial charge in [-0.3, -0.25) is 9.59 Å². The molecule has 3 heterocycles. The van der Waals surface area contributed by atoms with E-state index in [1.807, 2.05) is 6.07 Å². The molecule has 0 saturated carbocycles. The maximum atomic E-state index is 12.8. The molecule has 3 aliphatic heterocycles. The molecule has 2 saturated heterocycles. The second-order valence-corrected chi connectivity index (χ2v) is 5.70. The summed E-state index contributed by atoms with van der Waals surface area (Å²) in [5.74, 6) is -2.15. The highest BCUT2D eigenvalue weighted by Gasteiger charge is 2.67. The predicted molar refractivity (Wildman–Crippen MR) is 74.5 cm³/mol. The number of hydrogen-bond donors (Lipinski definition) is 1. The molecule has 6 nitrogen and oxygen atoms in total. The standard InChI is InChI=1S/C16H12N2O4/c17-7-9-3-1-2-4-10(9)18-14(20)12-11-5-6-16(8-19,22-11)13(12)15(18)21/h1-6,11-13,19H,8H2/t11-,12+,13+,16-/m1/s1. The Balaban J connectivity index is 1.82. The quantitative estimate of drug-likeness (QED) is 0.628. The van der Waals surface area contributed by atoms with Crippen LogP contribution >= 0.6 is 0 Å². The molecule has 0 aromatic heterocycles. The van der Waals surface area contributed by atoms with Crippen molar-refractivity contribution in [1.82, 2.24) is 0 Å². The number of carbonyl (C=O) groups is 2. The number of aliphatic hydroxyl groups excluding tert-OH is 1. The summed E-state index contributed by atoms with van der Waals surface area (Å²) in [6, 6.07) is 8.50. The highest BCUT2D eigenvalue weighted by Crippen LogP contribution is 2.52. The minimum absolute atomic E-state index is 0.267. The van der Waals surface area contributed by atoms with Crippen molar-refractivity contribution in [2.24, 2.45) is 11.8 Å². The summed E-state index contributed by atoms with van der Waals surface area (Å²) in [5, 5.41) is 18.8. The number of anilines is 1. The lowest BCUT2D eigenvalue weighted by atomic mass is 9.77. The predicted octanol–water partition coefficient (Wildman–Crippen LogP) is 0.364. The van der Waals surface area contributed by atoms with Crippen LogP contribution in [0.4, 0.5) is 5.69 Å². The second-order valence-electron chi connectivity index (χ2n) is 5.70. The van der Waals surface area contributed by atoms with E-state index in [1.165, 1.54) is 0 Å². The number of amides is 2. The van der Waals surface area contributed by atoms with E-state index in [-0.39, 0.29) is 18.1 Å². The summed E-state index contributed by atoms with van der Waals surface area (Å²) in [4.78, 5) is 26.6. The zero-order valence-corrected chi connectivity index (χ0v) is 11.5. The number of para-hydroxylation sites is 1. The van der Waals surface area contributed by atoms with E-state index in [4.69, 9.17) is 4.74 Å². The molecule has 4 atom stereocenters. The van der Waals surface area contributed by atoms with Crippen LogP contribution in [0, 0.1) is 23.2 Å². The van der Waals surface area contributed by atoms with Gasteiger partial charge in [0.25, 0.3) is 0 Å². The lowest BCUT2D eigenvalue weighted by molar-refractivity contribution is -0.128. The molecule has 2 fully saturated rings. The fourth-order valence-electron chi connectivity index (χ4n) is 3.68. The van der Waals surface area contributed by atoms with E-state index in [1.54, 1.807) is 36.4 Å². The van der Waals surface area contributed by atoms with Crippen LogP contribution < -0.4 is 4.90 Å². The monoisotopic (exact) mass is 296 g/mol. The van der Waals surface area contributed by atoms with Crippen molar-refractivity contribution in [2.75, 3.05) is 11.5 Å². The molecule has 6 heteroatoms. The van der Waals surface area contributed by atoms with Crippen LogP contribution in [0.3, 0.4) is 0 Å². The van der Waals surface area contributed by atoms with Crippen LogP contribution in [0.25, 0.3) is 0 Å². The molecule has 0 radical (unpaired) electrons. The molecular weight excluding hydrogens is 284 g/mol. The molecule has 110 valence electrons. The molecule has 1 aromatic carbocycles. The van der Waals surface area contributed by atoms with E-state index < -0.39 is 29.4 Å². The third-order valence-corrected chi connectivity index (χ3v) is 4.67. The Bertz CT molecular complexity index is 766. The van der Waals surface area contributed by atoms with Crippen LogP contribution in [-0.4, -0.2) is 35.2 Å². The van der Waals surface area contributed by atoms with Gasteiger partial charge >= 0.3 is 0 Å². The first-order chi connectivity index (χ1) is 10.6. The van der Waals surface area contributed by atoms with E-state index >= 15 is 0 Å². The van der Waals surface area contributed by atoms with Gasteiger partial charge in [0.05, 0.1) is 35.8 Å². The van der Waals surface area contributed by atoms with Crippen molar-refractivity contribution < 1.29 is 19.4 Å². The lowest BCUT2D eigenvalue weighted by Gasteiger charge is -2.26. The topological polar surface area (TPSA) is 90.6 Å². The van der Waals surface area contributed by atoms with Gasteiger partial charge in [0, 0.05) is 0 Å². The van der Waals surface area contributed by atoms with Crippen LogP contribution in [0.2, 0.25) is 0 Å². The van der Waals surface area contributed by atoms with E-state index in [0.29, 0.717) is 5.69 Å². The van der Waals surface area contributed by atoms with Crippen molar-refractivity contribution in [3.63, 3.8) is 0 Å². The van der Waals surface area contributed by atoms with Crippen molar-refractivity contribution in [3.8, 4) is 6.07 Å². The molecule has 2 amide bonds. The molecule has 0 aliphatic carbocycles. The van der Waals surface area contributed by atoms with Gasteiger partial charge in [-0.2, -0.15) is 5.26 Å². The second kappa shape index (κ2) is 4.26. The van der Waals surface area contributed by atoms with Crippen LogP contribution in [-0.2, 0) is 14.3 Å². The number of aliphatic hydroxyl groups is 1. The normalized spacial score (nSPS) is 35.1. The highest BCUT2D eigenvalue weighted by atomic mass is 16.5. The van der Waals surface area contributed by atoms with Crippen molar-refractivity contribution >= 4 is 17.5 Å². The Labute approximate surface area is 126 Å². The minimum atomic E-state index is -1.11. The molecule has 3 aliphatic rings. The molecule has 1 N–H and O–H groups in total. The number of carbonyl (C=O) groups excluding carboxylic acids is 2. The van der Waals surface area contributed by atoms with E-state index in [0.717, 1.165) is 4.90 Å². The number of nitriles is 1. The maximum absolute atomic E-state index is 12.8. The summed E-state index contributed by atoms with van der Waals surface area (Å²) in [6.07, 6.45) is 2.90. The molecule has 22 heavy (non-hydrogen) atoms. The number of imide groups is 1. The minimum Gasteiger partial charge on any atom is -0.393 e. The number of fused-ring (bicyclic) bond motifs is 5. The maximum Gasteiger partial charge on any atom is 0.241 e. The average Bonchev–Trinajstić information content (AvgIpc) is 3.18. The van der Waals surface area contributed by atoms with Crippen LogP contribution in [0.1, 0.15) is 5.56 Å². The fraction of sp³-hybridized carbons (Fsp3) is 0.312. The third kappa shape index (κ3) is 1.39. The van der Waals surface area contributed by atoms with Gasteiger partial charge in [-0.25, -0.2) is 4.90 Å². The molecule has 1 aromatic rings. The Morgan fingerprint density at radius 2 is 2.09 bits per heavy atom. The van der Waals surface area contributed by atoms with Crippen LogP contribution in [0.15, 0.2) is 36.4 Å². The van der Waals surface area contributed by atoms with Gasteiger partial charge in [-0.15, -0.1) is 0 Å². The van der Waals surface area contributed by atoms with Crippen molar-refractivity contribution in [1.29, 1.82) is 5.26 Å². The number of rotatable bonds is 2. The zero-order valence-electron chi connectivity index (χ0n) is 11.5. The largest absolute Gasteiger partial charge is 0.393 e. The Morgan fingerprint density at radius 3 is 2.82 bits per heavy atom. The SMILES string of the molecule is N#Cc1ccccc1N1C(=O)[C@@H]2[C@@H](C1=O)[C@]1(CO)C=C[C@H]2O1. The summed E-state index contributed by atoms with van der Waals surface area (Å²) in [7, 11) is 0. The number of ether oxygens (including phenoxy) is 1. The Hall–Kier alpha value is -2.49. The molecule has 2 bridgehead atoms. The summed E-state index contributed by atoms with van der Waals surface area (Å²) in [6.45, 7) is -0.353. The summed E-state index contributed by atoms with van der Waals surface area (Å²) < 4.78 is 5.66. The molecule has 0 unspecified atom stereocenters. The van der Waals surface area contributed by atoms with Gasteiger partial charge in [0.1, 0.15) is 11.7 Å². The van der Waals surface area contributed by atoms with Gasteiger partial charge < -0.3 is 9.84 Å².